The summed E-state index contributed by atoms with van der Waals surface area (Å²) in [5.74, 6) is 0.234. The molecule has 2 atom stereocenters. The summed E-state index contributed by atoms with van der Waals surface area (Å²) in [6, 6.07) is 6.14. The van der Waals surface area contributed by atoms with Crippen LogP contribution in [-0.4, -0.2) is 68.3 Å². The zero-order valence-electron chi connectivity index (χ0n) is 18.8. The van der Waals surface area contributed by atoms with Crippen molar-refractivity contribution in [3.8, 4) is 11.5 Å². The summed E-state index contributed by atoms with van der Waals surface area (Å²) in [5.41, 5.74) is 1.76. The number of alkyl halides is 4. The van der Waals surface area contributed by atoms with Crippen molar-refractivity contribution in [1.29, 1.82) is 0 Å². The summed E-state index contributed by atoms with van der Waals surface area (Å²) >= 11 is 0. The average molecular weight is 492 g/mol. The number of halogens is 4. The van der Waals surface area contributed by atoms with E-state index in [4.69, 9.17) is 4.52 Å². The first-order valence-corrected chi connectivity index (χ1v) is 11.1. The van der Waals surface area contributed by atoms with Crippen LogP contribution < -0.4 is 10.6 Å². The second kappa shape index (κ2) is 9.21. The molecule has 5 rings (SSSR count). The minimum absolute atomic E-state index is 0.0306. The molecule has 0 bridgehead atoms. The fraction of sp³-hybridized carbons (Fsp3) is 0.409. The molecule has 0 aliphatic carbocycles. The highest BCUT2D eigenvalue weighted by Gasteiger charge is 2.32. The third-order valence-electron chi connectivity index (χ3n) is 6.01. The largest absolute Gasteiger partial charge is 0.406 e. The number of anilines is 2. The smallest absolute Gasteiger partial charge is 0.379 e. The molecule has 3 N–H and O–H groups in total. The van der Waals surface area contributed by atoms with Gasteiger partial charge in [0.2, 0.25) is 11.7 Å². The Bertz CT molecular complexity index is 1280. The van der Waals surface area contributed by atoms with Crippen molar-refractivity contribution in [2.24, 2.45) is 0 Å². The van der Waals surface area contributed by atoms with Crippen LogP contribution in [0.2, 0.25) is 0 Å². The van der Waals surface area contributed by atoms with E-state index < -0.39 is 24.9 Å². The minimum Gasteiger partial charge on any atom is -0.379 e. The zero-order valence-corrected chi connectivity index (χ0v) is 18.8. The average Bonchev–Trinajstić information content (AvgIpc) is 3.54. The molecule has 3 aromatic heterocycles. The predicted octanol–water partition coefficient (Wildman–Crippen LogP) is 4.04. The molecular weight excluding hydrogens is 468 g/mol. The lowest BCUT2D eigenvalue weighted by Gasteiger charge is -2.33. The number of aromatic amines is 1. The monoisotopic (exact) mass is 492 g/mol. The first-order chi connectivity index (χ1) is 16.8. The quantitative estimate of drug-likeness (QED) is 0.335. The number of fused-ring (bicyclic) bond motifs is 1. The molecule has 1 aliphatic heterocycles. The Morgan fingerprint density at radius 1 is 1.29 bits per heavy atom. The summed E-state index contributed by atoms with van der Waals surface area (Å²) in [4.78, 5) is 6.20. The molecule has 0 unspecified atom stereocenters. The summed E-state index contributed by atoms with van der Waals surface area (Å²) in [7, 11) is 1.86. The van der Waals surface area contributed by atoms with Crippen molar-refractivity contribution >= 4 is 22.3 Å². The van der Waals surface area contributed by atoms with Gasteiger partial charge in [-0.25, -0.2) is 4.39 Å². The Hall–Kier alpha value is -3.61. The molecule has 1 saturated heterocycles. The number of hydrogen-bond donors (Lipinski definition) is 3. The van der Waals surface area contributed by atoms with Gasteiger partial charge < -0.3 is 24.6 Å². The molecule has 1 aliphatic rings. The molecule has 1 aromatic carbocycles. The van der Waals surface area contributed by atoms with E-state index in [9.17, 15) is 17.6 Å². The number of likely N-dealkylation sites (tertiary alicyclic amines) is 1. The van der Waals surface area contributed by atoms with Gasteiger partial charge in [-0.3, -0.25) is 5.10 Å². The van der Waals surface area contributed by atoms with E-state index in [0.29, 0.717) is 35.2 Å². The van der Waals surface area contributed by atoms with E-state index >= 15 is 0 Å². The van der Waals surface area contributed by atoms with Gasteiger partial charge in [-0.1, -0.05) is 11.2 Å². The molecule has 0 saturated carbocycles. The number of rotatable bonds is 7. The molecule has 35 heavy (non-hydrogen) atoms. The second-order valence-electron chi connectivity index (χ2n) is 8.64. The minimum atomic E-state index is -4.47. The van der Waals surface area contributed by atoms with Crippen molar-refractivity contribution in [3.63, 3.8) is 0 Å². The van der Waals surface area contributed by atoms with Crippen LogP contribution in [-0.2, 0) is 13.1 Å². The predicted molar refractivity (Wildman–Crippen MR) is 122 cm³/mol. The molecular formula is C22H24F4N8O. The maximum absolute atomic E-state index is 14.6. The number of benzene rings is 1. The number of piperidine rings is 1. The third-order valence-corrected chi connectivity index (χ3v) is 6.01. The first-order valence-electron chi connectivity index (χ1n) is 11.1. The number of hydrogen-bond acceptors (Lipinski definition) is 7. The lowest BCUT2D eigenvalue weighted by Crippen LogP contribution is -2.46. The molecule has 0 amide bonds. The van der Waals surface area contributed by atoms with Crippen LogP contribution in [0.5, 0.6) is 0 Å². The third kappa shape index (κ3) is 5.09. The van der Waals surface area contributed by atoms with Gasteiger partial charge in [0.1, 0.15) is 12.7 Å². The van der Waals surface area contributed by atoms with Gasteiger partial charge in [-0.05, 0) is 31.7 Å². The maximum atomic E-state index is 14.6. The molecule has 186 valence electrons. The van der Waals surface area contributed by atoms with E-state index in [1.54, 1.807) is 36.7 Å². The Morgan fingerprint density at radius 3 is 2.89 bits per heavy atom. The summed E-state index contributed by atoms with van der Waals surface area (Å²) in [6.07, 6.45) is -1.78. The topological polar surface area (TPSA) is 99.8 Å². The number of aromatic nitrogens is 5. The zero-order chi connectivity index (χ0) is 24.6. The van der Waals surface area contributed by atoms with Gasteiger partial charge in [-0.15, -0.1) is 0 Å². The summed E-state index contributed by atoms with van der Waals surface area (Å²) in [6.45, 7) is -0.0292. The van der Waals surface area contributed by atoms with Crippen LogP contribution in [0, 0.1) is 0 Å². The molecule has 1 fully saturated rings. The summed E-state index contributed by atoms with van der Waals surface area (Å²) in [5, 5.41) is 17.2. The Balaban J connectivity index is 1.48. The Labute approximate surface area is 197 Å². The molecule has 4 heterocycles. The number of nitrogens with one attached hydrogen (secondary N) is 3. The van der Waals surface area contributed by atoms with Crippen LogP contribution in [0.3, 0.4) is 0 Å². The van der Waals surface area contributed by atoms with E-state index in [1.807, 2.05) is 11.9 Å². The fourth-order valence-electron chi connectivity index (χ4n) is 4.32. The van der Waals surface area contributed by atoms with Crippen molar-refractivity contribution in [1.82, 2.24) is 29.8 Å². The van der Waals surface area contributed by atoms with Crippen LogP contribution in [0.25, 0.3) is 22.4 Å². The van der Waals surface area contributed by atoms with Crippen molar-refractivity contribution < 1.29 is 22.1 Å². The van der Waals surface area contributed by atoms with Gasteiger partial charge in [-0.2, -0.15) is 23.3 Å². The normalized spacial score (nSPS) is 19.3. The standard InChI is InChI=1S/C22H24F4N8O/c1-33-6-5-17(15(23)11-33)30-16-3-2-4-18-14(16)7-19(34(18)12-22(24,25)26)21-31-20(35-32-21)10-27-13-8-28-29-9-13/h2-4,7-9,15,17,27,30H,5-6,10-12H2,1H3,(H,28,29)/t15-,17+/m0/s1. The van der Waals surface area contributed by atoms with E-state index in [1.165, 1.54) is 0 Å². The molecule has 0 spiro atoms. The number of nitrogens with zero attached hydrogens (tertiary/aromatic N) is 5. The highest BCUT2D eigenvalue weighted by molar-refractivity contribution is 5.96. The van der Waals surface area contributed by atoms with Crippen LogP contribution in [0.15, 0.2) is 41.2 Å². The highest BCUT2D eigenvalue weighted by atomic mass is 19.4. The van der Waals surface area contributed by atoms with Crippen LogP contribution in [0.1, 0.15) is 12.3 Å². The van der Waals surface area contributed by atoms with Crippen molar-refractivity contribution in [2.45, 2.75) is 37.9 Å². The second-order valence-corrected chi connectivity index (χ2v) is 8.64. The van der Waals surface area contributed by atoms with Crippen molar-refractivity contribution in [3.05, 3.63) is 42.5 Å². The molecule has 13 heteroatoms. The first kappa shape index (κ1) is 23.1. The Morgan fingerprint density at radius 2 is 2.14 bits per heavy atom. The highest BCUT2D eigenvalue weighted by Crippen LogP contribution is 2.35. The van der Waals surface area contributed by atoms with E-state index in [0.717, 1.165) is 11.1 Å². The van der Waals surface area contributed by atoms with Crippen LogP contribution in [0.4, 0.5) is 28.9 Å². The van der Waals surface area contributed by atoms with E-state index in [-0.39, 0.29) is 24.0 Å². The number of H-pyrrole nitrogens is 1. The molecule has 4 aromatic rings. The molecule has 9 nitrogen and oxygen atoms in total. The SMILES string of the molecule is CN1CC[C@@H](Nc2cccc3c2cc(-c2noc(CNc4cn[nH]c4)n2)n3CC(F)(F)F)[C@@H](F)C1. The van der Waals surface area contributed by atoms with Gasteiger partial charge in [0.25, 0.3) is 0 Å². The summed E-state index contributed by atoms with van der Waals surface area (Å²) < 4.78 is 61.5. The van der Waals surface area contributed by atoms with E-state index in [2.05, 4.69) is 31.0 Å². The fourth-order valence-corrected chi connectivity index (χ4v) is 4.32. The lowest BCUT2D eigenvalue weighted by atomic mass is 10.0. The lowest BCUT2D eigenvalue weighted by molar-refractivity contribution is -0.139. The van der Waals surface area contributed by atoms with Gasteiger partial charge >= 0.3 is 6.18 Å². The van der Waals surface area contributed by atoms with Gasteiger partial charge in [0.05, 0.1) is 35.7 Å². The van der Waals surface area contributed by atoms with Crippen LogP contribution >= 0.6 is 0 Å². The maximum Gasteiger partial charge on any atom is 0.406 e. The molecule has 0 radical (unpaired) electrons. The Kier molecular flexibility index (Phi) is 6.09. The van der Waals surface area contributed by atoms with Gasteiger partial charge in [0, 0.05) is 30.4 Å². The van der Waals surface area contributed by atoms with Gasteiger partial charge in [0.15, 0.2) is 0 Å². The van der Waals surface area contributed by atoms with Crippen molar-refractivity contribution in [2.75, 3.05) is 30.8 Å².